The van der Waals surface area contributed by atoms with E-state index in [1.54, 1.807) is 0 Å². The first kappa shape index (κ1) is 13.4. The van der Waals surface area contributed by atoms with E-state index >= 15 is 0 Å². The van der Waals surface area contributed by atoms with Gasteiger partial charge in [0.2, 0.25) is 0 Å². The molecule has 0 aromatic heterocycles. The Hall–Kier alpha value is -0.0800. The van der Waals surface area contributed by atoms with Crippen molar-refractivity contribution in [3.05, 3.63) is 0 Å². The van der Waals surface area contributed by atoms with Gasteiger partial charge in [0.25, 0.3) is 0 Å². The maximum Gasteiger partial charge on any atom is 0.00334 e. The van der Waals surface area contributed by atoms with Gasteiger partial charge in [0.1, 0.15) is 0 Å². The zero-order chi connectivity index (χ0) is 12.7. The van der Waals surface area contributed by atoms with Gasteiger partial charge in [-0.1, -0.05) is 27.7 Å². The molecule has 1 unspecified atom stereocenters. The van der Waals surface area contributed by atoms with Gasteiger partial charge < -0.3 is 9.80 Å². The first-order valence-corrected chi connectivity index (χ1v) is 7.19. The van der Waals surface area contributed by atoms with E-state index in [1.165, 1.54) is 45.6 Å². The van der Waals surface area contributed by atoms with Crippen LogP contribution in [0.3, 0.4) is 0 Å². The van der Waals surface area contributed by atoms with Crippen LogP contribution in [0.25, 0.3) is 0 Å². The van der Waals surface area contributed by atoms with Crippen molar-refractivity contribution in [2.75, 3.05) is 39.8 Å². The Morgan fingerprint density at radius 3 is 2.35 bits per heavy atom. The minimum absolute atomic E-state index is 0.496. The molecule has 0 aliphatic carbocycles. The molecule has 0 spiro atoms. The maximum absolute atomic E-state index is 2.72. The molecule has 0 aromatic rings. The number of hydrogen-bond acceptors (Lipinski definition) is 2. The highest BCUT2D eigenvalue weighted by atomic mass is 15.2. The Morgan fingerprint density at radius 2 is 1.82 bits per heavy atom. The quantitative estimate of drug-likeness (QED) is 0.730. The molecule has 2 aliphatic rings. The van der Waals surface area contributed by atoms with Gasteiger partial charge in [-0.2, -0.15) is 0 Å². The van der Waals surface area contributed by atoms with Crippen LogP contribution in [-0.4, -0.2) is 49.6 Å². The molecule has 0 saturated carbocycles. The molecule has 0 N–H and O–H groups in total. The summed E-state index contributed by atoms with van der Waals surface area (Å²) in [5.41, 5.74) is 1.03. The topological polar surface area (TPSA) is 6.48 Å². The first-order valence-electron chi connectivity index (χ1n) is 7.19. The fourth-order valence-corrected chi connectivity index (χ4v) is 3.83. The van der Waals surface area contributed by atoms with Gasteiger partial charge in [0.15, 0.2) is 0 Å². The maximum atomic E-state index is 2.72. The number of nitrogens with zero attached hydrogens (tertiary/aromatic N) is 2. The summed E-state index contributed by atoms with van der Waals surface area (Å²) in [6.45, 7) is 16.2. The van der Waals surface area contributed by atoms with E-state index in [9.17, 15) is 0 Å². The van der Waals surface area contributed by atoms with Crippen LogP contribution in [0.15, 0.2) is 0 Å². The molecule has 0 aromatic carbocycles. The van der Waals surface area contributed by atoms with Crippen LogP contribution < -0.4 is 0 Å². The normalized spacial score (nSPS) is 34.1. The molecule has 2 saturated heterocycles. The van der Waals surface area contributed by atoms with Crippen LogP contribution in [-0.2, 0) is 0 Å². The monoisotopic (exact) mass is 238 g/mol. The van der Waals surface area contributed by atoms with Crippen LogP contribution in [0.4, 0.5) is 0 Å². The largest absolute Gasteiger partial charge is 0.305 e. The van der Waals surface area contributed by atoms with Crippen LogP contribution >= 0.6 is 0 Å². The van der Waals surface area contributed by atoms with Gasteiger partial charge >= 0.3 is 0 Å². The van der Waals surface area contributed by atoms with Crippen molar-refractivity contribution < 1.29 is 0 Å². The molecular weight excluding hydrogens is 208 g/mol. The Bertz CT molecular complexity index is 270. The lowest BCUT2D eigenvalue weighted by Crippen LogP contribution is -2.44. The van der Waals surface area contributed by atoms with E-state index in [0.717, 1.165) is 5.92 Å². The standard InChI is InChI=1S/C15H30N2/c1-14(2)7-6-8-17(11-14)10-13-9-16(5)12-15(13,3)4/h13H,6-12H2,1-5H3. The summed E-state index contributed by atoms with van der Waals surface area (Å²) < 4.78 is 0. The molecule has 0 radical (unpaired) electrons. The summed E-state index contributed by atoms with van der Waals surface area (Å²) in [7, 11) is 2.27. The molecule has 0 bridgehead atoms. The van der Waals surface area contributed by atoms with Gasteiger partial charge in [-0.05, 0) is 43.2 Å². The highest BCUT2D eigenvalue weighted by Crippen LogP contribution is 2.36. The van der Waals surface area contributed by atoms with Gasteiger partial charge in [-0.3, -0.25) is 0 Å². The smallest absolute Gasteiger partial charge is 0.00334 e. The SMILES string of the molecule is CN1CC(CN2CCCC(C)(C)C2)C(C)(C)C1. The van der Waals surface area contributed by atoms with Crippen molar-refractivity contribution in [2.24, 2.45) is 16.7 Å². The van der Waals surface area contributed by atoms with E-state index in [0.29, 0.717) is 10.8 Å². The minimum Gasteiger partial charge on any atom is -0.305 e. The van der Waals surface area contributed by atoms with Gasteiger partial charge in [0, 0.05) is 26.2 Å². The van der Waals surface area contributed by atoms with Crippen LogP contribution in [0, 0.1) is 16.7 Å². The lowest BCUT2D eigenvalue weighted by Gasteiger charge is -2.40. The highest BCUT2D eigenvalue weighted by molar-refractivity contribution is 4.92. The van der Waals surface area contributed by atoms with Crippen molar-refractivity contribution in [2.45, 2.75) is 40.5 Å². The number of piperidine rings is 1. The molecule has 1 atom stereocenters. The van der Waals surface area contributed by atoms with E-state index < -0.39 is 0 Å². The molecule has 2 heteroatoms. The Kier molecular flexibility index (Phi) is 3.57. The molecule has 17 heavy (non-hydrogen) atoms. The van der Waals surface area contributed by atoms with E-state index in [1.807, 2.05) is 0 Å². The summed E-state index contributed by atoms with van der Waals surface area (Å²) in [4.78, 5) is 5.22. The van der Waals surface area contributed by atoms with Gasteiger partial charge in [-0.25, -0.2) is 0 Å². The van der Waals surface area contributed by atoms with Gasteiger partial charge in [0.05, 0.1) is 0 Å². The molecule has 2 rings (SSSR count). The Labute approximate surface area is 107 Å². The van der Waals surface area contributed by atoms with E-state index in [-0.39, 0.29) is 0 Å². The van der Waals surface area contributed by atoms with Crippen molar-refractivity contribution >= 4 is 0 Å². The molecule has 2 nitrogen and oxygen atoms in total. The Morgan fingerprint density at radius 1 is 1.12 bits per heavy atom. The van der Waals surface area contributed by atoms with Crippen LogP contribution in [0.2, 0.25) is 0 Å². The second-order valence-corrected chi connectivity index (χ2v) is 7.89. The summed E-state index contributed by atoms with van der Waals surface area (Å²) in [5.74, 6) is 0.849. The third-order valence-electron chi connectivity index (χ3n) is 4.77. The average molecular weight is 238 g/mol. The molecule has 0 amide bonds. The summed E-state index contributed by atoms with van der Waals surface area (Å²) in [5, 5.41) is 0. The lowest BCUT2D eigenvalue weighted by molar-refractivity contribution is 0.0854. The third-order valence-corrected chi connectivity index (χ3v) is 4.77. The number of rotatable bonds is 2. The summed E-state index contributed by atoms with van der Waals surface area (Å²) in [6.07, 6.45) is 2.79. The zero-order valence-corrected chi connectivity index (χ0v) is 12.4. The van der Waals surface area contributed by atoms with Crippen molar-refractivity contribution in [3.8, 4) is 0 Å². The van der Waals surface area contributed by atoms with Crippen molar-refractivity contribution in [3.63, 3.8) is 0 Å². The van der Waals surface area contributed by atoms with E-state index in [2.05, 4.69) is 44.5 Å². The molecule has 2 fully saturated rings. The minimum atomic E-state index is 0.496. The number of likely N-dealkylation sites (tertiary alicyclic amines) is 2. The van der Waals surface area contributed by atoms with Crippen molar-refractivity contribution in [1.82, 2.24) is 9.80 Å². The molecular formula is C15H30N2. The predicted octanol–water partition coefficient (Wildman–Crippen LogP) is 2.70. The molecule has 100 valence electrons. The zero-order valence-electron chi connectivity index (χ0n) is 12.4. The summed E-state index contributed by atoms with van der Waals surface area (Å²) in [6, 6.07) is 0. The van der Waals surface area contributed by atoms with Crippen molar-refractivity contribution in [1.29, 1.82) is 0 Å². The second kappa shape index (κ2) is 4.55. The average Bonchev–Trinajstić information content (AvgIpc) is 2.37. The second-order valence-electron chi connectivity index (χ2n) is 7.89. The molecule has 2 aliphatic heterocycles. The van der Waals surface area contributed by atoms with Crippen LogP contribution in [0.1, 0.15) is 40.5 Å². The van der Waals surface area contributed by atoms with E-state index in [4.69, 9.17) is 0 Å². The predicted molar refractivity (Wildman–Crippen MR) is 74.2 cm³/mol. The highest BCUT2D eigenvalue weighted by Gasteiger charge is 2.39. The lowest BCUT2D eigenvalue weighted by atomic mass is 9.79. The molecule has 2 heterocycles. The fourth-order valence-electron chi connectivity index (χ4n) is 3.83. The summed E-state index contributed by atoms with van der Waals surface area (Å²) >= 11 is 0. The van der Waals surface area contributed by atoms with Gasteiger partial charge in [-0.15, -0.1) is 0 Å². The number of hydrogen-bond donors (Lipinski definition) is 0. The van der Waals surface area contributed by atoms with Crippen LogP contribution in [0.5, 0.6) is 0 Å². The first-order chi connectivity index (χ1) is 7.78. The fraction of sp³-hybridized carbons (Fsp3) is 1.00. The third kappa shape index (κ3) is 3.23. The Balaban J connectivity index is 1.93.